The maximum absolute atomic E-state index is 11.5. The smallest absolute Gasteiger partial charge is 0.262 e. The quantitative estimate of drug-likeness (QED) is 0.278. The van der Waals surface area contributed by atoms with Gasteiger partial charge in [-0.15, -0.1) is 11.8 Å². The molecule has 2 saturated heterocycles. The number of allylic oxidation sites excluding steroid dienone is 1. The molecule has 0 saturated carbocycles. The summed E-state index contributed by atoms with van der Waals surface area (Å²) in [5.74, 6) is 0.511. The van der Waals surface area contributed by atoms with Crippen molar-refractivity contribution >= 4 is 74.8 Å². The fourth-order valence-electron chi connectivity index (χ4n) is 1.61. The van der Waals surface area contributed by atoms with Crippen molar-refractivity contribution < 1.29 is 14.7 Å². The zero-order chi connectivity index (χ0) is 9.59. The van der Waals surface area contributed by atoms with Crippen molar-refractivity contribution in [3.63, 3.8) is 0 Å². The minimum absolute atomic E-state index is 0. The van der Waals surface area contributed by atoms with E-state index in [2.05, 4.69) is 0 Å². The molecule has 0 aromatic heterocycles. The first kappa shape index (κ1) is 12.7. The number of carbonyl (C=O) groups excluding carboxylic acids is 2. The van der Waals surface area contributed by atoms with Crippen molar-refractivity contribution in [1.29, 1.82) is 0 Å². The molecule has 2 aliphatic heterocycles. The van der Waals surface area contributed by atoms with Gasteiger partial charge >= 0.3 is 0 Å². The van der Waals surface area contributed by atoms with E-state index in [1.165, 1.54) is 11.8 Å². The molecule has 2 rings (SSSR count). The molecule has 1 amide bonds. The third kappa shape index (κ3) is 1.83. The maximum Gasteiger partial charge on any atom is 0.262 e. The van der Waals surface area contributed by atoms with Crippen LogP contribution in [0.15, 0.2) is 11.3 Å². The van der Waals surface area contributed by atoms with Gasteiger partial charge in [-0.3, -0.25) is 9.59 Å². The number of hydrogen-bond acceptors (Lipinski definition) is 4. The van der Waals surface area contributed by atoms with Crippen LogP contribution in [0.3, 0.4) is 0 Å². The van der Waals surface area contributed by atoms with Crippen molar-refractivity contribution in [3.05, 3.63) is 11.3 Å². The predicted molar refractivity (Wildman–Crippen MR) is 54.0 cm³/mol. The number of ketones is 1. The van der Waals surface area contributed by atoms with Gasteiger partial charge in [-0.1, -0.05) is 0 Å². The first-order valence-corrected chi connectivity index (χ1v) is 5.11. The van der Waals surface area contributed by atoms with Crippen LogP contribution in [0.1, 0.15) is 6.92 Å². The van der Waals surface area contributed by atoms with Gasteiger partial charge in [-0.25, -0.2) is 0 Å². The second-order valence-corrected chi connectivity index (χ2v) is 4.12. The summed E-state index contributed by atoms with van der Waals surface area (Å²) in [6, 6.07) is -0.324. The molecule has 2 heterocycles. The van der Waals surface area contributed by atoms with Gasteiger partial charge in [0.25, 0.3) is 5.91 Å². The Morgan fingerprint density at radius 1 is 1.57 bits per heavy atom. The van der Waals surface area contributed by atoms with Gasteiger partial charge in [-0.05, 0) is 6.92 Å². The summed E-state index contributed by atoms with van der Waals surface area (Å²) in [5.41, 5.74) is -0.0229. The van der Waals surface area contributed by atoms with Gasteiger partial charge in [0, 0.05) is 57.1 Å². The van der Waals surface area contributed by atoms with Gasteiger partial charge in [0.1, 0.15) is 17.4 Å². The number of amides is 1. The van der Waals surface area contributed by atoms with Crippen molar-refractivity contribution in [1.82, 2.24) is 4.90 Å². The Morgan fingerprint density at radius 2 is 2.21 bits per heavy atom. The fourth-order valence-corrected chi connectivity index (χ4v) is 2.76. The number of fused-ring (bicyclic) bond motifs is 1. The zero-order valence-electron chi connectivity index (χ0n) is 8.11. The van der Waals surface area contributed by atoms with Gasteiger partial charge in [0.05, 0.1) is 5.88 Å². The number of rotatable bonds is 0. The molecule has 0 aromatic rings. The molecule has 0 aromatic carbocycles. The van der Waals surface area contributed by atoms with E-state index in [4.69, 9.17) is 5.11 Å². The van der Waals surface area contributed by atoms with Crippen molar-refractivity contribution in [2.75, 3.05) is 11.6 Å². The summed E-state index contributed by atoms with van der Waals surface area (Å²) in [6.07, 6.45) is 0. The Labute approximate surface area is 129 Å². The van der Waals surface area contributed by atoms with E-state index < -0.39 is 0 Å². The van der Waals surface area contributed by atoms with Crippen LogP contribution in [-0.2, 0) is 9.59 Å². The summed E-state index contributed by atoms with van der Waals surface area (Å²) in [7, 11) is 0. The van der Waals surface area contributed by atoms with Gasteiger partial charge in [0.2, 0.25) is 0 Å². The van der Waals surface area contributed by atoms with E-state index >= 15 is 0 Å². The average Bonchev–Trinajstić information content (AvgIpc) is 2.56. The minimum Gasteiger partial charge on any atom is -0.512 e. The molecular weight excluding hydrogens is 229 g/mol. The summed E-state index contributed by atoms with van der Waals surface area (Å²) >= 11 is 1.57. The van der Waals surface area contributed by atoms with E-state index in [0.717, 1.165) is 0 Å². The predicted octanol–water partition coefficient (Wildman–Crippen LogP) is -0.0782. The molecule has 4 nitrogen and oxygen atoms in total. The molecule has 71 valence electrons. The minimum atomic E-state index is -0.324. The third-order valence-electron chi connectivity index (χ3n) is 2.27. The first-order valence-electron chi connectivity index (χ1n) is 3.95. The molecule has 0 aliphatic carbocycles. The molecule has 2 aliphatic rings. The van der Waals surface area contributed by atoms with Crippen LogP contribution < -0.4 is 0 Å². The Hall–Kier alpha value is 0.666. The normalized spacial score (nSPS) is 28.9. The molecule has 1 radical (unpaired) electrons. The van der Waals surface area contributed by atoms with Gasteiger partial charge < -0.3 is 10.0 Å². The molecule has 2 fully saturated rings. The maximum atomic E-state index is 11.5. The second kappa shape index (κ2) is 4.67. The van der Waals surface area contributed by atoms with Crippen LogP contribution in [0.4, 0.5) is 0 Å². The van der Waals surface area contributed by atoms with Crippen LogP contribution in [-0.4, -0.2) is 90.8 Å². The standard InChI is InChI=1S/C8H9NO3S.K/c1-4(10)6-7(11)5-2-13-3-9(5)8(6)12;/h5,10H,2-3H2,1H3;/b6-4-;/t5-;/m1./s1. The van der Waals surface area contributed by atoms with Crippen LogP contribution in [0.2, 0.25) is 0 Å². The van der Waals surface area contributed by atoms with Crippen LogP contribution in [0.5, 0.6) is 0 Å². The average molecular weight is 238 g/mol. The number of aliphatic hydroxyl groups excluding tert-OH is 1. The first-order chi connectivity index (χ1) is 6.13. The summed E-state index contributed by atoms with van der Waals surface area (Å²) in [5, 5.41) is 9.15. The number of thioether (sulfide) groups is 1. The molecule has 6 heteroatoms. The van der Waals surface area contributed by atoms with E-state index in [-0.39, 0.29) is 80.4 Å². The van der Waals surface area contributed by atoms with E-state index in [1.807, 2.05) is 0 Å². The van der Waals surface area contributed by atoms with Gasteiger partial charge in [0.15, 0.2) is 5.78 Å². The number of hydrogen-bond donors (Lipinski definition) is 1. The number of Topliss-reactive ketones (excluding diaryl/α,β-unsaturated/α-hetero) is 1. The molecule has 1 N–H and O–H groups in total. The second-order valence-electron chi connectivity index (χ2n) is 3.12. The zero-order valence-corrected chi connectivity index (χ0v) is 12.1. The number of aliphatic hydroxyl groups is 1. The fraction of sp³-hybridized carbons (Fsp3) is 0.500. The van der Waals surface area contributed by atoms with Crippen molar-refractivity contribution in [2.24, 2.45) is 0 Å². The monoisotopic (exact) mass is 238 g/mol. The molecular formula is C8H9KNO3S. The topological polar surface area (TPSA) is 57.6 Å². The molecule has 14 heavy (non-hydrogen) atoms. The SMILES string of the molecule is C/C(O)=C1\C(=O)[C@H]2CSCN2C1=O.[K]. The third-order valence-corrected chi connectivity index (χ3v) is 3.28. The Balaban J connectivity index is 0.000000980. The van der Waals surface area contributed by atoms with Gasteiger partial charge in [-0.2, -0.15) is 0 Å². The molecule has 0 unspecified atom stereocenters. The van der Waals surface area contributed by atoms with Crippen molar-refractivity contribution in [2.45, 2.75) is 13.0 Å². The molecule has 1 atom stereocenters. The summed E-state index contributed by atoms with van der Waals surface area (Å²) in [4.78, 5) is 24.6. The van der Waals surface area contributed by atoms with E-state index in [0.29, 0.717) is 11.6 Å². The number of nitrogens with zero attached hydrogens (tertiary/aromatic N) is 1. The summed E-state index contributed by atoms with van der Waals surface area (Å²) < 4.78 is 0. The van der Waals surface area contributed by atoms with Crippen LogP contribution in [0.25, 0.3) is 0 Å². The Bertz CT molecular complexity index is 301. The summed E-state index contributed by atoms with van der Waals surface area (Å²) in [6.45, 7) is 1.38. The molecule has 0 spiro atoms. The van der Waals surface area contributed by atoms with Crippen molar-refractivity contribution in [3.8, 4) is 0 Å². The Kier molecular flexibility index (Phi) is 4.25. The van der Waals surface area contributed by atoms with Crippen LogP contribution >= 0.6 is 11.8 Å². The molecule has 0 bridgehead atoms. The largest absolute Gasteiger partial charge is 0.512 e. The van der Waals surface area contributed by atoms with E-state index in [1.54, 1.807) is 11.8 Å². The number of carbonyl (C=O) groups is 2. The Morgan fingerprint density at radius 3 is 2.71 bits per heavy atom. The van der Waals surface area contributed by atoms with E-state index in [9.17, 15) is 9.59 Å². The van der Waals surface area contributed by atoms with Crippen LogP contribution in [0, 0.1) is 0 Å².